The summed E-state index contributed by atoms with van der Waals surface area (Å²) in [6.07, 6.45) is 0.223. The fourth-order valence-corrected chi connectivity index (χ4v) is 3.38. The van der Waals surface area contributed by atoms with E-state index in [-0.39, 0.29) is 23.8 Å². The second kappa shape index (κ2) is 4.45. The molecule has 1 aliphatic heterocycles. The lowest BCUT2D eigenvalue weighted by atomic mass is 9.92. The van der Waals surface area contributed by atoms with E-state index < -0.39 is 5.69 Å². The van der Waals surface area contributed by atoms with Crippen molar-refractivity contribution in [3.05, 3.63) is 48.8 Å². The first kappa shape index (κ1) is 12.9. The van der Waals surface area contributed by atoms with Crippen LogP contribution in [0.3, 0.4) is 0 Å². The zero-order valence-electron chi connectivity index (χ0n) is 11.0. The predicted octanol–water partition coefficient (Wildman–Crippen LogP) is 0.620. The molecule has 1 atom stereocenters. The van der Waals surface area contributed by atoms with Crippen molar-refractivity contribution < 1.29 is 4.79 Å². The summed E-state index contributed by atoms with van der Waals surface area (Å²) in [6.45, 7) is 0. The molecule has 1 amide bonds. The van der Waals surface area contributed by atoms with Gasteiger partial charge in [0.2, 0.25) is 5.91 Å². The maximum atomic E-state index is 12.4. The van der Waals surface area contributed by atoms with Gasteiger partial charge < -0.3 is 5.32 Å². The van der Waals surface area contributed by atoms with Gasteiger partial charge in [0, 0.05) is 31.3 Å². The number of thiophene rings is 1. The van der Waals surface area contributed by atoms with Crippen LogP contribution in [0.15, 0.2) is 27.1 Å². The summed E-state index contributed by atoms with van der Waals surface area (Å²) < 4.78 is 2.39. The average Bonchev–Trinajstić information content (AvgIpc) is 2.95. The molecule has 3 heterocycles. The molecule has 0 saturated heterocycles. The monoisotopic (exact) mass is 291 g/mol. The molecule has 2 aromatic rings. The largest absolute Gasteiger partial charge is 0.332 e. The number of nitrogens with zero attached hydrogens (tertiary/aromatic N) is 2. The van der Waals surface area contributed by atoms with Crippen molar-refractivity contribution in [3.63, 3.8) is 0 Å². The van der Waals surface area contributed by atoms with Gasteiger partial charge in [0.25, 0.3) is 5.56 Å². The molecule has 3 rings (SSSR count). The average molecular weight is 291 g/mol. The molecule has 0 saturated carbocycles. The summed E-state index contributed by atoms with van der Waals surface area (Å²) in [7, 11) is 3.00. The number of amides is 1. The Bertz CT molecular complexity index is 801. The Morgan fingerprint density at radius 1 is 1.25 bits per heavy atom. The van der Waals surface area contributed by atoms with Crippen LogP contribution in [0.4, 0.5) is 5.82 Å². The van der Waals surface area contributed by atoms with Gasteiger partial charge in [-0.3, -0.25) is 18.7 Å². The highest BCUT2D eigenvalue weighted by atomic mass is 32.1. The van der Waals surface area contributed by atoms with E-state index in [9.17, 15) is 14.4 Å². The van der Waals surface area contributed by atoms with Gasteiger partial charge in [0.05, 0.1) is 5.56 Å². The maximum absolute atomic E-state index is 12.4. The van der Waals surface area contributed by atoms with Gasteiger partial charge in [-0.15, -0.1) is 11.3 Å². The molecular formula is C13H13N3O3S. The first-order valence-electron chi connectivity index (χ1n) is 6.14. The van der Waals surface area contributed by atoms with E-state index in [0.717, 1.165) is 9.44 Å². The highest BCUT2D eigenvalue weighted by molar-refractivity contribution is 7.10. The van der Waals surface area contributed by atoms with Crippen molar-refractivity contribution in [2.75, 3.05) is 5.32 Å². The van der Waals surface area contributed by atoms with Crippen molar-refractivity contribution in [3.8, 4) is 0 Å². The first-order valence-corrected chi connectivity index (χ1v) is 7.02. The molecule has 0 unspecified atom stereocenters. The smallest absolute Gasteiger partial charge is 0.312 e. The minimum Gasteiger partial charge on any atom is -0.312 e. The fourth-order valence-electron chi connectivity index (χ4n) is 2.54. The standard InChI is InChI=1S/C13H13N3O3S/c1-15-11-10(12(18)16(2)13(15)19)7(6-9(17)14-11)8-4-3-5-20-8/h3-5,7H,6H2,1-2H3,(H,14,17)/t7-/m1/s1. The Morgan fingerprint density at radius 2 is 2.00 bits per heavy atom. The number of carbonyl (C=O) groups is 1. The van der Waals surface area contributed by atoms with E-state index >= 15 is 0 Å². The SMILES string of the molecule is Cn1c2c(c(=O)n(C)c1=O)[C@@H](c1cccs1)CC(=O)N2. The van der Waals surface area contributed by atoms with Crippen LogP contribution in [0.25, 0.3) is 0 Å². The van der Waals surface area contributed by atoms with E-state index in [1.54, 1.807) is 7.05 Å². The number of hydrogen-bond acceptors (Lipinski definition) is 4. The van der Waals surface area contributed by atoms with Gasteiger partial charge in [-0.25, -0.2) is 4.79 Å². The lowest BCUT2D eigenvalue weighted by molar-refractivity contribution is -0.116. The van der Waals surface area contributed by atoms with Gasteiger partial charge in [0.1, 0.15) is 5.82 Å². The molecule has 104 valence electrons. The molecule has 0 fully saturated rings. The van der Waals surface area contributed by atoms with Gasteiger partial charge in [-0.05, 0) is 11.4 Å². The van der Waals surface area contributed by atoms with E-state index in [0.29, 0.717) is 11.4 Å². The Morgan fingerprint density at radius 3 is 2.65 bits per heavy atom. The van der Waals surface area contributed by atoms with Gasteiger partial charge >= 0.3 is 5.69 Å². The van der Waals surface area contributed by atoms with Gasteiger partial charge in [-0.2, -0.15) is 0 Å². The second-order valence-corrected chi connectivity index (χ2v) is 5.77. The van der Waals surface area contributed by atoms with Crippen molar-refractivity contribution in [2.24, 2.45) is 14.1 Å². The van der Waals surface area contributed by atoms with E-state index in [1.807, 2.05) is 17.5 Å². The molecule has 2 aromatic heterocycles. The molecule has 7 heteroatoms. The highest BCUT2D eigenvalue weighted by Gasteiger charge is 2.32. The Balaban J connectivity index is 2.35. The number of carbonyl (C=O) groups excluding carboxylic acids is 1. The van der Waals surface area contributed by atoms with Crippen LogP contribution >= 0.6 is 11.3 Å². The molecule has 0 spiro atoms. The second-order valence-electron chi connectivity index (χ2n) is 4.79. The minimum atomic E-state index is -0.444. The van der Waals surface area contributed by atoms with Crippen LogP contribution in [0, 0.1) is 0 Å². The van der Waals surface area contributed by atoms with Crippen molar-refractivity contribution in [2.45, 2.75) is 12.3 Å². The topological polar surface area (TPSA) is 73.1 Å². The summed E-state index contributed by atoms with van der Waals surface area (Å²) >= 11 is 1.50. The van der Waals surface area contributed by atoms with Gasteiger partial charge in [0.15, 0.2) is 0 Å². The maximum Gasteiger partial charge on any atom is 0.332 e. The molecule has 0 aromatic carbocycles. The third kappa shape index (κ3) is 1.74. The van der Waals surface area contributed by atoms with E-state index in [2.05, 4.69) is 5.32 Å². The number of hydrogen-bond donors (Lipinski definition) is 1. The fraction of sp³-hybridized carbons (Fsp3) is 0.308. The lowest BCUT2D eigenvalue weighted by Gasteiger charge is -2.26. The molecule has 0 aliphatic carbocycles. The molecule has 6 nitrogen and oxygen atoms in total. The zero-order chi connectivity index (χ0) is 14.4. The molecule has 0 bridgehead atoms. The summed E-state index contributed by atoms with van der Waals surface area (Å²) in [5.74, 6) is -0.156. The van der Waals surface area contributed by atoms with Crippen LogP contribution in [-0.4, -0.2) is 15.0 Å². The van der Waals surface area contributed by atoms with Crippen molar-refractivity contribution >= 4 is 23.1 Å². The Hall–Kier alpha value is -2.15. The predicted molar refractivity (Wildman–Crippen MR) is 76.3 cm³/mol. The summed E-state index contributed by atoms with van der Waals surface area (Å²) in [5, 5.41) is 4.55. The number of aromatic nitrogens is 2. The molecule has 1 N–H and O–H groups in total. The normalized spacial score (nSPS) is 17.7. The molecule has 0 radical (unpaired) electrons. The zero-order valence-corrected chi connectivity index (χ0v) is 11.9. The molecular weight excluding hydrogens is 278 g/mol. The lowest BCUT2D eigenvalue weighted by Crippen LogP contribution is -2.44. The van der Waals surface area contributed by atoms with Gasteiger partial charge in [-0.1, -0.05) is 6.07 Å². The number of nitrogens with one attached hydrogen (secondary N) is 1. The quantitative estimate of drug-likeness (QED) is 0.837. The number of fused-ring (bicyclic) bond motifs is 1. The van der Waals surface area contributed by atoms with Crippen LogP contribution in [0.5, 0.6) is 0 Å². The number of anilines is 1. The van der Waals surface area contributed by atoms with Crippen LogP contribution in [0.1, 0.15) is 22.8 Å². The minimum absolute atomic E-state index is 0.181. The Labute approximate surface area is 118 Å². The molecule has 20 heavy (non-hydrogen) atoms. The van der Waals surface area contributed by atoms with Crippen molar-refractivity contribution in [1.82, 2.24) is 9.13 Å². The van der Waals surface area contributed by atoms with Crippen molar-refractivity contribution in [1.29, 1.82) is 0 Å². The van der Waals surface area contributed by atoms with E-state index in [4.69, 9.17) is 0 Å². The van der Waals surface area contributed by atoms with Crippen LogP contribution < -0.4 is 16.6 Å². The van der Waals surface area contributed by atoms with Crippen LogP contribution in [-0.2, 0) is 18.9 Å². The summed E-state index contributed by atoms with van der Waals surface area (Å²) in [4.78, 5) is 37.2. The summed E-state index contributed by atoms with van der Waals surface area (Å²) in [6, 6.07) is 3.79. The first-order chi connectivity index (χ1) is 9.50. The van der Waals surface area contributed by atoms with E-state index in [1.165, 1.54) is 23.0 Å². The number of rotatable bonds is 1. The summed E-state index contributed by atoms with van der Waals surface area (Å²) in [5.41, 5.74) is -0.306. The highest BCUT2D eigenvalue weighted by Crippen LogP contribution is 2.35. The third-order valence-corrected chi connectivity index (χ3v) is 4.57. The third-order valence-electron chi connectivity index (χ3n) is 3.58. The molecule has 1 aliphatic rings. The Kier molecular flexibility index (Phi) is 2.86. The van der Waals surface area contributed by atoms with Crippen LogP contribution in [0.2, 0.25) is 0 Å².